The number of carbonyl (C=O) groups is 2. The van der Waals surface area contributed by atoms with Crippen molar-refractivity contribution in [1.29, 1.82) is 0 Å². The van der Waals surface area contributed by atoms with Crippen molar-refractivity contribution in [2.75, 3.05) is 26.2 Å². The summed E-state index contributed by atoms with van der Waals surface area (Å²) < 4.78 is 5.53. The molecule has 3 amide bonds. The summed E-state index contributed by atoms with van der Waals surface area (Å²) in [7, 11) is 0. The maximum Gasteiger partial charge on any atom is 0.318 e. The summed E-state index contributed by atoms with van der Waals surface area (Å²) in [5, 5.41) is 5.60. The topological polar surface area (TPSA) is 70.7 Å². The summed E-state index contributed by atoms with van der Waals surface area (Å²) in [6, 6.07) is 7.21. The van der Waals surface area contributed by atoms with Gasteiger partial charge in [-0.1, -0.05) is 18.2 Å². The second-order valence-corrected chi connectivity index (χ2v) is 4.82. The molecule has 1 aliphatic rings. The molecule has 114 valence electrons. The van der Waals surface area contributed by atoms with E-state index in [0.29, 0.717) is 19.7 Å². The highest BCUT2D eigenvalue weighted by Gasteiger charge is 2.27. The molecule has 0 aliphatic carbocycles. The van der Waals surface area contributed by atoms with Crippen molar-refractivity contribution >= 4 is 11.9 Å². The number of nitrogens with zero attached hydrogens (tertiary/aromatic N) is 1. The zero-order valence-electron chi connectivity index (χ0n) is 12.4. The number of para-hydroxylation sites is 1. The van der Waals surface area contributed by atoms with Crippen molar-refractivity contribution in [3.63, 3.8) is 0 Å². The van der Waals surface area contributed by atoms with Crippen LogP contribution in [0.5, 0.6) is 5.75 Å². The molecular formula is C15H21N3O3. The van der Waals surface area contributed by atoms with Gasteiger partial charge in [-0.05, 0) is 19.9 Å². The molecule has 2 rings (SSSR count). The average molecular weight is 291 g/mol. The van der Waals surface area contributed by atoms with Gasteiger partial charge in [0.2, 0.25) is 5.91 Å². The number of carbonyl (C=O) groups excluding carboxylic acids is 2. The SMILES string of the molecule is CCNC(=O)CN(CC)C(=O)N[C@@H]1COc2ccccc21. The van der Waals surface area contributed by atoms with Crippen LogP contribution in [0.4, 0.5) is 4.79 Å². The number of hydrogen-bond donors (Lipinski definition) is 2. The first-order chi connectivity index (χ1) is 10.2. The first kappa shape index (κ1) is 15.2. The number of likely N-dealkylation sites (N-methyl/N-ethyl adjacent to an activating group) is 2. The van der Waals surface area contributed by atoms with Crippen molar-refractivity contribution in [1.82, 2.24) is 15.5 Å². The van der Waals surface area contributed by atoms with E-state index in [-0.39, 0.29) is 24.5 Å². The fourth-order valence-corrected chi connectivity index (χ4v) is 2.28. The Labute approximate surface area is 124 Å². The number of urea groups is 1. The quantitative estimate of drug-likeness (QED) is 0.858. The molecule has 0 bridgehead atoms. The lowest BCUT2D eigenvalue weighted by Gasteiger charge is -2.22. The summed E-state index contributed by atoms with van der Waals surface area (Å²) >= 11 is 0. The van der Waals surface area contributed by atoms with Gasteiger partial charge in [-0.25, -0.2) is 4.79 Å². The van der Waals surface area contributed by atoms with Crippen LogP contribution >= 0.6 is 0 Å². The Kier molecular flexibility index (Phi) is 5.03. The van der Waals surface area contributed by atoms with Gasteiger partial charge >= 0.3 is 6.03 Å². The standard InChI is InChI=1S/C15H21N3O3/c1-3-16-14(19)9-18(4-2)15(20)17-12-10-21-13-8-6-5-7-11(12)13/h5-8,12H,3-4,9-10H2,1-2H3,(H,16,19)(H,17,20)/t12-/m1/s1. The Morgan fingerprint density at radius 1 is 1.33 bits per heavy atom. The van der Waals surface area contributed by atoms with E-state index in [9.17, 15) is 9.59 Å². The molecule has 0 saturated carbocycles. The van der Waals surface area contributed by atoms with Gasteiger partial charge < -0.3 is 20.3 Å². The molecular weight excluding hydrogens is 270 g/mol. The Bertz CT molecular complexity index is 519. The third kappa shape index (κ3) is 3.65. The third-order valence-corrected chi connectivity index (χ3v) is 3.37. The van der Waals surface area contributed by atoms with Crippen LogP contribution in [0.25, 0.3) is 0 Å². The minimum atomic E-state index is -0.256. The molecule has 0 unspecified atom stereocenters. The maximum absolute atomic E-state index is 12.3. The molecule has 2 N–H and O–H groups in total. The highest BCUT2D eigenvalue weighted by atomic mass is 16.5. The molecule has 1 atom stereocenters. The molecule has 0 saturated heterocycles. The monoisotopic (exact) mass is 291 g/mol. The number of rotatable bonds is 5. The van der Waals surface area contributed by atoms with Gasteiger partial charge in [0.05, 0.1) is 6.04 Å². The Hall–Kier alpha value is -2.24. The van der Waals surface area contributed by atoms with E-state index in [1.54, 1.807) is 0 Å². The normalized spacial score (nSPS) is 15.8. The Morgan fingerprint density at radius 2 is 2.10 bits per heavy atom. The Balaban J connectivity index is 1.96. The van der Waals surface area contributed by atoms with Gasteiger partial charge in [-0.2, -0.15) is 0 Å². The zero-order chi connectivity index (χ0) is 15.2. The van der Waals surface area contributed by atoms with Gasteiger partial charge in [0.15, 0.2) is 0 Å². The first-order valence-corrected chi connectivity index (χ1v) is 7.19. The Morgan fingerprint density at radius 3 is 2.81 bits per heavy atom. The number of nitrogens with one attached hydrogen (secondary N) is 2. The number of amides is 3. The largest absolute Gasteiger partial charge is 0.491 e. The van der Waals surface area contributed by atoms with Gasteiger partial charge in [0, 0.05) is 18.7 Å². The highest BCUT2D eigenvalue weighted by Crippen LogP contribution is 2.31. The lowest BCUT2D eigenvalue weighted by molar-refractivity contribution is -0.121. The van der Waals surface area contributed by atoms with Crippen LogP contribution in [-0.2, 0) is 4.79 Å². The fraction of sp³-hybridized carbons (Fsp3) is 0.467. The smallest absolute Gasteiger partial charge is 0.318 e. The lowest BCUT2D eigenvalue weighted by atomic mass is 10.1. The van der Waals surface area contributed by atoms with Crippen LogP contribution in [0.3, 0.4) is 0 Å². The minimum absolute atomic E-state index is 0.0609. The van der Waals surface area contributed by atoms with Crippen molar-refractivity contribution in [2.24, 2.45) is 0 Å². The van der Waals surface area contributed by atoms with Gasteiger partial charge in [-0.3, -0.25) is 4.79 Å². The maximum atomic E-state index is 12.3. The number of hydrogen-bond acceptors (Lipinski definition) is 3. The van der Waals surface area contributed by atoms with Crippen LogP contribution in [0, 0.1) is 0 Å². The molecule has 1 heterocycles. The summed E-state index contributed by atoms with van der Waals surface area (Å²) in [6.45, 7) is 5.20. The summed E-state index contributed by atoms with van der Waals surface area (Å²) in [5.41, 5.74) is 0.972. The molecule has 1 aromatic rings. The third-order valence-electron chi connectivity index (χ3n) is 3.37. The predicted octanol–water partition coefficient (Wildman–Crippen LogP) is 1.29. The molecule has 1 aliphatic heterocycles. The summed E-state index contributed by atoms with van der Waals surface area (Å²) in [4.78, 5) is 25.3. The first-order valence-electron chi connectivity index (χ1n) is 7.19. The lowest BCUT2D eigenvalue weighted by Crippen LogP contribution is -2.46. The van der Waals surface area contributed by atoms with E-state index in [1.165, 1.54) is 4.90 Å². The molecule has 0 aromatic heterocycles. The van der Waals surface area contributed by atoms with E-state index in [4.69, 9.17) is 4.74 Å². The predicted molar refractivity (Wildman–Crippen MR) is 79.1 cm³/mol. The fourth-order valence-electron chi connectivity index (χ4n) is 2.28. The van der Waals surface area contributed by atoms with Crippen molar-refractivity contribution in [3.8, 4) is 5.75 Å². The van der Waals surface area contributed by atoms with E-state index >= 15 is 0 Å². The number of fused-ring (bicyclic) bond motifs is 1. The van der Waals surface area contributed by atoms with E-state index in [1.807, 2.05) is 38.1 Å². The molecule has 0 fully saturated rings. The van der Waals surface area contributed by atoms with Crippen molar-refractivity contribution in [2.45, 2.75) is 19.9 Å². The number of benzene rings is 1. The average Bonchev–Trinajstić information content (AvgIpc) is 2.88. The van der Waals surface area contributed by atoms with Crippen molar-refractivity contribution in [3.05, 3.63) is 29.8 Å². The van der Waals surface area contributed by atoms with Crippen LogP contribution in [-0.4, -0.2) is 43.1 Å². The second-order valence-electron chi connectivity index (χ2n) is 4.82. The second kappa shape index (κ2) is 6.97. The zero-order valence-corrected chi connectivity index (χ0v) is 12.4. The molecule has 1 aromatic carbocycles. The van der Waals surface area contributed by atoms with Gasteiger partial charge in [0.25, 0.3) is 0 Å². The van der Waals surface area contributed by atoms with Crippen LogP contribution in [0.15, 0.2) is 24.3 Å². The van der Waals surface area contributed by atoms with E-state index < -0.39 is 0 Å². The minimum Gasteiger partial charge on any atom is -0.491 e. The molecule has 0 radical (unpaired) electrons. The van der Waals surface area contributed by atoms with E-state index in [0.717, 1.165) is 11.3 Å². The summed E-state index contributed by atoms with van der Waals surface area (Å²) in [5.74, 6) is 0.646. The van der Waals surface area contributed by atoms with Gasteiger partial charge in [-0.15, -0.1) is 0 Å². The highest BCUT2D eigenvalue weighted by molar-refractivity contribution is 5.84. The molecule has 21 heavy (non-hydrogen) atoms. The molecule has 6 heteroatoms. The van der Waals surface area contributed by atoms with Crippen molar-refractivity contribution < 1.29 is 14.3 Å². The number of ether oxygens (including phenoxy) is 1. The van der Waals surface area contributed by atoms with Crippen LogP contribution < -0.4 is 15.4 Å². The molecule has 0 spiro atoms. The van der Waals surface area contributed by atoms with Crippen LogP contribution in [0.2, 0.25) is 0 Å². The van der Waals surface area contributed by atoms with E-state index in [2.05, 4.69) is 10.6 Å². The summed E-state index contributed by atoms with van der Waals surface area (Å²) in [6.07, 6.45) is 0. The van der Waals surface area contributed by atoms with Crippen LogP contribution in [0.1, 0.15) is 25.5 Å². The van der Waals surface area contributed by atoms with Gasteiger partial charge in [0.1, 0.15) is 18.9 Å². The molecule has 6 nitrogen and oxygen atoms in total.